The molecule has 0 heterocycles. The number of carbonyl (C=O) groups is 3. The van der Waals surface area contributed by atoms with Crippen LogP contribution in [0, 0.1) is 0 Å². The summed E-state index contributed by atoms with van der Waals surface area (Å²) in [7, 11) is 0. The molecule has 0 saturated heterocycles. The number of unbranched alkanes of at least 4 members (excludes halogenated alkanes) is 5. The normalized spacial score (nSPS) is 11.4. The van der Waals surface area contributed by atoms with E-state index < -0.39 is 12.0 Å². The lowest BCUT2D eigenvalue weighted by molar-refractivity contribution is -0.145. The Morgan fingerprint density at radius 2 is 1.48 bits per heavy atom. The fourth-order valence-electron chi connectivity index (χ4n) is 3.41. The molecular formula is C27H36N2O4. The molecule has 178 valence electrons. The minimum absolute atomic E-state index is 0.0387. The lowest BCUT2D eigenvalue weighted by atomic mass is 10.1. The first-order valence-electron chi connectivity index (χ1n) is 11.9. The lowest BCUT2D eigenvalue weighted by Gasteiger charge is -2.18. The van der Waals surface area contributed by atoms with Crippen LogP contribution in [0.15, 0.2) is 60.7 Å². The van der Waals surface area contributed by atoms with E-state index in [1.165, 1.54) is 19.3 Å². The van der Waals surface area contributed by atoms with Crippen LogP contribution in [0.2, 0.25) is 0 Å². The van der Waals surface area contributed by atoms with E-state index in [0.717, 1.165) is 24.8 Å². The molecule has 0 spiro atoms. The molecule has 6 heteroatoms. The Kier molecular flexibility index (Phi) is 12.4. The highest BCUT2D eigenvalue weighted by molar-refractivity contribution is 5.97. The third-order valence-electron chi connectivity index (χ3n) is 5.37. The highest BCUT2D eigenvalue weighted by Gasteiger charge is 2.22. The van der Waals surface area contributed by atoms with Crippen LogP contribution in [-0.4, -0.2) is 30.4 Å². The third-order valence-corrected chi connectivity index (χ3v) is 5.37. The zero-order valence-corrected chi connectivity index (χ0v) is 19.6. The fraction of sp³-hybridized carbons (Fsp3) is 0.444. The predicted molar refractivity (Wildman–Crippen MR) is 130 cm³/mol. The second kappa shape index (κ2) is 15.6. The minimum atomic E-state index is -0.804. The van der Waals surface area contributed by atoms with E-state index in [4.69, 9.17) is 4.74 Å². The zero-order chi connectivity index (χ0) is 23.7. The maximum absolute atomic E-state index is 12.8. The molecule has 2 aromatic rings. The van der Waals surface area contributed by atoms with Crippen LogP contribution >= 0.6 is 0 Å². The van der Waals surface area contributed by atoms with Crippen LogP contribution in [0.5, 0.6) is 0 Å². The molecule has 6 nitrogen and oxygen atoms in total. The molecule has 0 unspecified atom stereocenters. The number of hydrogen-bond donors (Lipinski definition) is 2. The Balaban J connectivity index is 1.84. The Morgan fingerprint density at radius 1 is 0.848 bits per heavy atom. The largest absolute Gasteiger partial charge is 0.461 e. The van der Waals surface area contributed by atoms with Gasteiger partial charge in [-0.1, -0.05) is 87.6 Å². The number of esters is 1. The number of rotatable bonds is 15. The van der Waals surface area contributed by atoms with Gasteiger partial charge in [0.05, 0.1) is 0 Å². The van der Waals surface area contributed by atoms with Gasteiger partial charge in [-0.15, -0.1) is 0 Å². The first-order valence-corrected chi connectivity index (χ1v) is 11.9. The van der Waals surface area contributed by atoms with Crippen molar-refractivity contribution >= 4 is 17.8 Å². The molecule has 1 atom stereocenters. The zero-order valence-electron chi connectivity index (χ0n) is 19.6. The molecule has 2 aromatic carbocycles. The number of amides is 2. The van der Waals surface area contributed by atoms with Crippen LogP contribution in [0.1, 0.15) is 74.2 Å². The summed E-state index contributed by atoms with van der Waals surface area (Å²) in [6.45, 7) is 2.92. The van der Waals surface area contributed by atoms with Gasteiger partial charge < -0.3 is 15.4 Å². The quantitative estimate of drug-likeness (QED) is 0.301. The van der Waals surface area contributed by atoms with E-state index in [1.54, 1.807) is 24.3 Å². The van der Waals surface area contributed by atoms with Gasteiger partial charge in [-0.25, -0.2) is 0 Å². The smallest absolute Gasteiger partial charge is 0.306 e. The average molecular weight is 453 g/mol. The van der Waals surface area contributed by atoms with Crippen LogP contribution in [0.3, 0.4) is 0 Å². The molecule has 0 radical (unpaired) electrons. The van der Waals surface area contributed by atoms with Crippen molar-refractivity contribution in [3.63, 3.8) is 0 Å². The number of ether oxygens (including phenoxy) is 1. The summed E-state index contributed by atoms with van der Waals surface area (Å²) in [5.74, 6) is -1.02. The second-order valence-electron chi connectivity index (χ2n) is 8.14. The van der Waals surface area contributed by atoms with Crippen LogP contribution < -0.4 is 10.6 Å². The topological polar surface area (TPSA) is 84.5 Å². The molecule has 0 bridgehead atoms. The molecular weight excluding hydrogens is 416 g/mol. The van der Waals surface area contributed by atoms with Crippen molar-refractivity contribution in [2.45, 2.75) is 70.9 Å². The first kappa shape index (κ1) is 26.1. The number of carbonyl (C=O) groups excluding carboxylic acids is 3. The first-order chi connectivity index (χ1) is 16.1. The molecule has 0 aliphatic heterocycles. The van der Waals surface area contributed by atoms with E-state index in [0.29, 0.717) is 12.1 Å². The number of benzene rings is 2. The predicted octanol–water partition coefficient (Wildman–Crippen LogP) is 4.79. The van der Waals surface area contributed by atoms with Crippen molar-refractivity contribution in [3.05, 3.63) is 71.8 Å². The number of hydrogen-bond acceptors (Lipinski definition) is 4. The van der Waals surface area contributed by atoms with Gasteiger partial charge in [0.2, 0.25) is 5.91 Å². The van der Waals surface area contributed by atoms with Gasteiger partial charge in [0, 0.05) is 18.5 Å². The van der Waals surface area contributed by atoms with Gasteiger partial charge in [-0.05, 0) is 30.5 Å². The second-order valence-corrected chi connectivity index (χ2v) is 8.14. The summed E-state index contributed by atoms with van der Waals surface area (Å²) in [6.07, 6.45) is 6.98. The van der Waals surface area contributed by atoms with E-state index in [-0.39, 0.29) is 31.3 Å². The molecule has 33 heavy (non-hydrogen) atoms. The Hall–Kier alpha value is -3.15. The van der Waals surface area contributed by atoms with Gasteiger partial charge in [0.1, 0.15) is 12.6 Å². The van der Waals surface area contributed by atoms with Crippen molar-refractivity contribution < 1.29 is 19.1 Å². The van der Waals surface area contributed by atoms with Crippen LogP contribution in [-0.2, 0) is 20.9 Å². The highest BCUT2D eigenvalue weighted by atomic mass is 16.5. The van der Waals surface area contributed by atoms with Crippen molar-refractivity contribution in [2.75, 3.05) is 6.54 Å². The van der Waals surface area contributed by atoms with E-state index in [9.17, 15) is 14.4 Å². The highest BCUT2D eigenvalue weighted by Crippen LogP contribution is 2.08. The van der Waals surface area contributed by atoms with Crippen LogP contribution in [0.4, 0.5) is 0 Å². The van der Waals surface area contributed by atoms with E-state index in [2.05, 4.69) is 17.6 Å². The molecule has 0 saturated carbocycles. The van der Waals surface area contributed by atoms with Crippen molar-refractivity contribution in [2.24, 2.45) is 0 Å². The third kappa shape index (κ3) is 10.8. The maximum Gasteiger partial charge on any atom is 0.306 e. The number of nitrogens with one attached hydrogen (secondary N) is 2. The molecule has 2 rings (SSSR count). The van der Waals surface area contributed by atoms with Gasteiger partial charge in [0.25, 0.3) is 5.91 Å². The summed E-state index contributed by atoms with van der Waals surface area (Å²) in [5, 5.41) is 5.68. The SMILES string of the molecule is CCCCCCCCNC(=O)[C@@H](CCC(=O)OCc1ccccc1)NC(=O)c1ccccc1. The average Bonchev–Trinajstić information content (AvgIpc) is 2.85. The summed E-state index contributed by atoms with van der Waals surface area (Å²) in [6, 6.07) is 17.4. The fourth-order valence-corrected chi connectivity index (χ4v) is 3.41. The molecule has 0 aromatic heterocycles. The Bertz CT molecular complexity index is 840. The molecule has 0 fully saturated rings. The maximum atomic E-state index is 12.8. The summed E-state index contributed by atoms with van der Waals surface area (Å²) >= 11 is 0. The lowest BCUT2D eigenvalue weighted by Crippen LogP contribution is -2.47. The molecule has 2 amide bonds. The van der Waals surface area contributed by atoms with Crippen LogP contribution in [0.25, 0.3) is 0 Å². The van der Waals surface area contributed by atoms with Gasteiger partial charge >= 0.3 is 5.97 Å². The molecule has 2 N–H and O–H groups in total. The van der Waals surface area contributed by atoms with Gasteiger partial charge in [-0.2, -0.15) is 0 Å². The van der Waals surface area contributed by atoms with Crippen molar-refractivity contribution in [3.8, 4) is 0 Å². The van der Waals surface area contributed by atoms with Crippen molar-refractivity contribution in [1.82, 2.24) is 10.6 Å². The van der Waals surface area contributed by atoms with Gasteiger partial charge in [-0.3, -0.25) is 14.4 Å². The summed E-state index contributed by atoms with van der Waals surface area (Å²) in [5.41, 5.74) is 1.37. The molecule has 0 aliphatic rings. The summed E-state index contributed by atoms with van der Waals surface area (Å²) < 4.78 is 5.31. The van der Waals surface area contributed by atoms with E-state index >= 15 is 0 Å². The monoisotopic (exact) mass is 452 g/mol. The standard InChI is InChI=1S/C27H36N2O4/c1-2-3-4-5-6-13-20-28-27(32)24(29-26(31)23-16-11-8-12-17-23)18-19-25(30)33-21-22-14-9-7-10-15-22/h7-12,14-17,24H,2-6,13,18-21H2,1H3,(H,28,32)(H,29,31)/t24-/m1/s1. The van der Waals surface area contributed by atoms with Crippen molar-refractivity contribution in [1.29, 1.82) is 0 Å². The van der Waals surface area contributed by atoms with E-state index in [1.807, 2.05) is 36.4 Å². The summed E-state index contributed by atoms with van der Waals surface area (Å²) in [4.78, 5) is 37.6. The minimum Gasteiger partial charge on any atom is -0.461 e. The van der Waals surface area contributed by atoms with Gasteiger partial charge in [0.15, 0.2) is 0 Å². The Labute approximate surface area is 197 Å². The molecule has 0 aliphatic carbocycles. The Morgan fingerprint density at radius 3 is 2.18 bits per heavy atom.